The lowest BCUT2D eigenvalue weighted by molar-refractivity contribution is -0.151. The highest BCUT2D eigenvalue weighted by Crippen LogP contribution is 2.30. The number of nitrogens with zero attached hydrogens (tertiary/aromatic N) is 2. The van der Waals surface area contributed by atoms with Crippen LogP contribution in [0.1, 0.15) is 19.8 Å². The minimum atomic E-state index is -0.115. The summed E-state index contributed by atoms with van der Waals surface area (Å²) < 4.78 is 0. The summed E-state index contributed by atoms with van der Waals surface area (Å²) >= 11 is 0. The number of carbonyl (C=O) groups is 3. The molecular formula is C11H16N2O3. The van der Waals surface area contributed by atoms with Crippen molar-refractivity contribution in [3.8, 4) is 0 Å². The van der Waals surface area contributed by atoms with Crippen LogP contribution in [0.2, 0.25) is 0 Å². The first-order valence-corrected chi connectivity index (χ1v) is 5.70. The molecule has 5 nitrogen and oxygen atoms in total. The summed E-state index contributed by atoms with van der Waals surface area (Å²) in [5, 5.41) is 0. The zero-order chi connectivity index (χ0) is 11.7. The highest BCUT2D eigenvalue weighted by molar-refractivity contribution is 5.96. The molecule has 0 bridgehead atoms. The summed E-state index contributed by atoms with van der Waals surface area (Å²) in [5.74, 6) is 0.0688. The average molecular weight is 224 g/mol. The highest BCUT2D eigenvalue weighted by atomic mass is 16.2. The van der Waals surface area contributed by atoms with Gasteiger partial charge in [0.1, 0.15) is 6.54 Å². The van der Waals surface area contributed by atoms with E-state index in [-0.39, 0.29) is 43.1 Å². The molecule has 0 atom stereocenters. The molecule has 0 aromatic carbocycles. The van der Waals surface area contributed by atoms with Crippen molar-refractivity contribution in [1.82, 2.24) is 9.80 Å². The van der Waals surface area contributed by atoms with Crippen LogP contribution in [0.15, 0.2) is 0 Å². The first-order chi connectivity index (χ1) is 7.61. The van der Waals surface area contributed by atoms with Gasteiger partial charge < -0.3 is 9.80 Å². The topological polar surface area (TPSA) is 57.7 Å². The SMILES string of the molecule is CCN1CC(=O)N(CC(=O)C2CC2)CC1=O. The molecule has 0 aromatic heterocycles. The smallest absolute Gasteiger partial charge is 0.243 e. The third-order valence-corrected chi connectivity index (χ3v) is 3.12. The van der Waals surface area contributed by atoms with E-state index in [1.807, 2.05) is 6.92 Å². The van der Waals surface area contributed by atoms with Gasteiger partial charge in [-0.05, 0) is 19.8 Å². The molecule has 1 saturated heterocycles. The van der Waals surface area contributed by atoms with Crippen LogP contribution in [0, 0.1) is 5.92 Å². The van der Waals surface area contributed by atoms with Gasteiger partial charge in [-0.2, -0.15) is 0 Å². The van der Waals surface area contributed by atoms with Gasteiger partial charge in [-0.25, -0.2) is 0 Å². The van der Waals surface area contributed by atoms with Crippen molar-refractivity contribution < 1.29 is 14.4 Å². The summed E-state index contributed by atoms with van der Waals surface area (Å²) in [6.07, 6.45) is 1.88. The van der Waals surface area contributed by atoms with E-state index in [4.69, 9.17) is 0 Å². The van der Waals surface area contributed by atoms with Crippen molar-refractivity contribution >= 4 is 17.6 Å². The van der Waals surface area contributed by atoms with E-state index in [1.54, 1.807) is 0 Å². The van der Waals surface area contributed by atoms with Crippen molar-refractivity contribution in [2.45, 2.75) is 19.8 Å². The number of carbonyl (C=O) groups excluding carboxylic acids is 3. The average Bonchev–Trinajstić information content (AvgIpc) is 3.06. The molecule has 2 aliphatic rings. The number of amides is 2. The molecule has 1 heterocycles. The summed E-state index contributed by atoms with van der Waals surface area (Å²) in [5.41, 5.74) is 0. The van der Waals surface area contributed by atoms with Crippen molar-refractivity contribution in [1.29, 1.82) is 0 Å². The number of Topliss-reactive ketones (excluding diaryl/α,β-unsaturated/α-hetero) is 1. The Morgan fingerprint density at radius 3 is 2.31 bits per heavy atom. The predicted molar refractivity (Wildman–Crippen MR) is 56.6 cm³/mol. The second-order valence-electron chi connectivity index (χ2n) is 4.40. The molecule has 0 aromatic rings. The van der Waals surface area contributed by atoms with E-state index in [1.165, 1.54) is 9.80 Å². The third kappa shape index (κ3) is 2.23. The fraction of sp³-hybridized carbons (Fsp3) is 0.727. The summed E-state index contributed by atoms with van der Waals surface area (Å²) in [6, 6.07) is 0. The van der Waals surface area contributed by atoms with Gasteiger partial charge in [0.2, 0.25) is 11.8 Å². The molecule has 0 unspecified atom stereocenters. The predicted octanol–water partition coefficient (Wildman–Crippen LogP) is -0.344. The summed E-state index contributed by atoms with van der Waals surface area (Å²) in [4.78, 5) is 37.7. The fourth-order valence-corrected chi connectivity index (χ4v) is 1.86. The van der Waals surface area contributed by atoms with Crippen LogP contribution in [0.5, 0.6) is 0 Å². The van der Waals surface area contributed by atoms with Gasteiger partial charge in [0.05, 0.1) is 13.1 Å². The van der Waals surface area contributed by atoms with E-state index >= 15 is 0 Å². The number of hydrogen-bond acceptors (Lipinski definition) is 3. The van der Waals surface area contributed by atoms with E-state index in [0.717, 1.165) is 12.8 Å². The zero-order valence-corrected chi connectivity index (χ0v) is 9.44. The minimum absolute atomic E-state index is 0.0606. The quantitative estimate of drug-likeness (QED) is 0.656. The lowest BCUT2D eigenvalue weighted by Gasteiger charge is -2.32. The number of ketones is 1. The summed E-state index contributed by atoms with van der Waals surface area (Å²) in [7, 11) is 0. The summed E-state index contributed by atoms with van der Waals surface area (Å²) in [6.45, 7) is 2.69. The van der Waals surface area contributed by atoms with Crippen LogP contribution in [0.4, 0.5) is 0 Å². The van der Waals surface area contributed by atoms with Gasteiger partial charge in [-0.15, -0.1) is 0 Å². The lowest BCUT2D eigenvalue weighted by atomic mass is 10.2. The van der Waals surface area contributed by atoms with E-state index in [9.17, 15) is 14.4 Å². The van der Waals surface area contributed by atoms with Crippen molar-refractivity contribution in [2.75, 3.05) is 26.2 Å². The standard InChI is InChI=1S/C11H16N2O3/c1-2-12-6-11(16)13(7-10(12)15)5-9(14)8-3-4-8/h8H,2-7H2,1H3. The van der Waals surface area contributed by atoms with Gasteiger partial charge in [0.15, 0.2) is 5.78 Å². The van der Waals surface area contributed by atoms with E-state index in [0.29, 0.717) is 6.54 Å². The molecule has 1 aliphatic heterocycles. The first-order valence-electron chi connectivity index (χ1n) is 5.70. The number of rotatable bonds is 4. The second-order valence-corrected chi connectivity index (χ2v) is 4.40. The first kappa shape index (κ1) is 11.1. The second kappa shape index (κ2) is 4.23. The Balaban J connectivity index is 1.92. The molecule has 0 radical (unpaired) electrons. The Hall–Kier alpha value is -1.39. The maximum atomic E-state index is 11.7. The third-order valence-electron chi connectivity index (χ3n) is 3.12. The van der Waals surface area contributed by atoms with Crippen LogP contribution >= 0.6 is 0 Å². The lowest BCUT2D eigenvalue weighted by Crippen LogP contribution is -2.54. The van der Waals surface area contributed by atoms with E-state index in [2.05, 4.69) is 0 Å². The van der Waals surface area contributed by atoms with Gasteiger partial charge >= 0.3 is 0 Å². The molecule has 2 amide bonds. The molecule has 5 heteroatoms. The Kier molecular flexibility index (Phi) is 2.94. The van der Waals surface area contributed by atoms with Crippen molar-refractivity contribution in [3.63, 3.8) is 0 Å². The maximum absolute atomic E-state index is 11.7. The monoisotopic (exact) mass is 224 g/mol. The van der Waals surface area contributed by atoms with Crippen molar-refractivity contribution in [3.05, 3.63) is 0 Å². The van der Waals surface area contributed by atoms with Gasteiger partial charge in [-0.3, -0.25) is 14.4 Å². The Bertz CT molecular complexity index is 336. The number of hydrogen-bond donors (Lipinski definition) is 0. The Morgan fingerprint density at radius 2 is 1.75 bits per heavy atom. The number of piperazine rings is 1. The normalized spacial score (nSPS) is 21.6. The molecule has 1 aliphatic carbocycles. The zero-order valence-electron chi connectivity index (χ0n) is 9.44. The van der Waals surface area contributed by atoms with Crippen molar-refractivity contribution in [2.24, 2.45) is 5.92 Å². The molecule has 16 heavy (non-hydrogen) atoms. The Morgan fingerprint density at radius 1 is 1.19 bits per heavy atom. The maximum Gasteiger partial charge on any atom is 0.243 e. The van der Waals surface area contributed by atoms with Gasteiger partial charge in [0, 0.05) is 12.5 Å². The molecule has 2 rings (SSSR count). The molecule has 88 valence electrons. The molecule has 1 saturated carbocycles. The van der Waals surface area contributed by atoms with Gasteiger partial charge in [0.25, 0.3) is 0 Å². The highest BCUT2D eigenvalue weighted by Gasteiger charge is 2.34. The largest absolute Gasteiger partial charge is 0.332 e. The van der Waals surface area contributed by atoms with Crippen LogP contribution in [-0.4, -0.2) is 53.6 Å². The minimum Gasteiger partial charge on any atom is -0.332 e. The molecule has 0 N–H and O–H groups in total. The van der Waals surface area contributed by atoms with Crippen LogP contribution < -0.4 is 0 Å². The number of likely N-dealkylation sites (N-methyl/N-ethyl adjacent to an activating group) is 1. The molecular weight excluding hydrogens is 208 g/mol. The Labute approximate surface area is 94.4 Å². The van der Waals surface area contributed by atoms with Crippen LogP contribution in [0.3, 0.4) is 0 Å². The fourth-order valence-electron chi connectivity index (χ4n) is 1.86. The van der Waals surface area contributed by atoms with Crippen LogP contribution in [-0.2, 0) is 14.4 Å². The molecule has 0 spiro atoms. The van der Waals surface area contributed by atoms with Crippen LogP contribution in [0.25, 0.3) is 0 Å². The molecule has 2 fully saturated rings. The van der Waals surface area contributed by atoms with Gasteiger partial charge in [-0.1, -0.05) is 0 Å². The van der Waals surface area contributed by atoms with E-state index < -0.39 is 0 Å².